The van der Waals surface area contributed by atoms with Crippen molar-refractivity contribution in [3.63, 3.8) is 0 Å². The van der Waals surface area contributed by atoms with E-state index >= 15 is 0 Å². The molecule has 0 unspecified atom stereocenters. The lowest BCUT2D eigenvalue weighted by molar-refractivity contribution is 1.12. The lowest BCUT2D eigenvalue weighted by Crippen LogP contribution is -1.97. The topological polar surface area (TPSA) is 28.1 Å². The Morgan fingerprint density at radius 3 is 2.88 bits per heavy atom. The largest absolute Gasteiger partial charge is 0.353 e. The zero-order valence-electron chi connectivity index (χ0n) is 9.76. The molecule has 1 heterocycles. The molecule has 0 bridgehead atoms. The number of benzene rings is 1. The Kier molecular flexibility index (Phi) is 3.01. The van der Waals surface area contributed by atoms with Gasteiger partial charge in [0.15, 0.2) is 0 Å². The van der Waals surface area contributed by atoms with Crippen molar-refractivity contribution in [3.05, 3.63) is 34.5 Å². The first-order valence-corrected chi connectivity index (χ1v) is 5.80. The van der Waals surface area contributed by atoms with Crippen molar-refractivity contribution in [3.8, 4) is 0 Å². The normalized spacial score (nSPS) is 12.4. The molecule has 0 saturated heterocycles. The van der Waals surface area contributed by atoms with Gasteiger partial charge < -0.3 is 4.98 Å². The standard InChI is InChI=1S/C13H15ClN2/c1-4-15-9(3)13-8(2)11-6-5-10(14)7-12(11)16-13/h5-7,16H,4H2,1-3H3. The summed E-state index contributed by atoms with van der Waals surface area (Å²) in [6.45, 7) is 6.99. The van der Waals surface area contributed by atoms with E-state index in [9.17, 15) is 0 Å². The lowest BCUT2D eigenvalue weighted by Gasteiger charge is -1.98. The van der Waals surface area contributed by atoms with Gasteiger partial charge in [0.25, 0.3) is 0 Å². The molecule has 84 valence electrons. The highest BCUT2D eigenvalue weighted by molar-refractivity contribution is 6.31. The van der Waals surface area contributed by atoms with E-state index < -0.39 is 0 Å². The van der Waals surface area contributed by atoms with Crippen LogP contribution in [0.3, 0.4) is 0 Å². The van der Waals surface area contributed by atoms with Crippen LogP contribution in [0.25, 0.3) is 10.9 Å². The number of nitrogens with one attached hydrogen (secondary N) is 1. The molecule has 2 rings (SSSR count). The molecule has 2 aromatic rings. The van der Waals surface area contributed by atoms with Crippen molar-refractivity contribution in [2.45, 2.75) is 20.8 Å². The van der Waals surface area contributed by atoms with Gasteiger partial charge in [-0.1, -0.05) is 17.7 Å². The van der Waals surface area contributed by atoms with Gasteiger partial charge in [-0.05, 0) is 38.5 Å². The summed E-state index contributed by atoms with van der Waals surface area (Å²) in [7, 11) is 0. The summed E-state index contributed by atoms with van der Waals surface area (Å²) in [4.78, 5) is 7.80. The number of halogens is 1. The minimum Gasteiger partial charge on any atom is -0.353 e. The predicted octanol–water partition coefficient (Wildman–Crippen LogP) is 3.96. The smallest absolute Gasteiger partial charge is 0.0632 e. The third kappa shape index (κ3) is 1.85. The molecule has 0 radical (unpaired) electrons. The minimum atomic E-state index is 0.755. The molecular weight excluding hydrogens is 220 g/mol. The first kappa shape index (κ1) is 11.2. The third-order valence-corrected chi connectivity index (χ3v) is 3.01. The Morgan fingerprint density at radius 2 is 2.19 bits per heavy atom. The second-order valence-electron chi connectivity index (χ2n) is 3.87. The Balaban J connectivity index is 2.64. The van der Waals surface area contributed by atoms with Gasteiger partial charge in [-0.3, -0.25) is 4.99 Å². The van der Waals surface area contributed by atoms with E-state index in [2.05, 4.69) is 16.9 Å². The molecule has 0 aliphatic heterocycles. The molecule has 1 aromatic carbocycles. The van der Waals surface area contributed by atoms with Crippen LogP contribution in [0.4, 0.5) is 0 Å². The molecule has 1 N–H and O–H groups in total. The molecule has 16 heavy (non-hydrogen) atoms. The van der Waals surface area contributed by atoms with Crippen LogP contribution in [0, 0.1) is 6.92 Å². The van der Waals surface area contributed by atoms with Gasteiger partial charge in [0, 0.05) is 22.5 Å². The number of aliphatic imine (C=N–C) groups is 1. The first-order chi connectivity index (χ1) is 7.63. The zero-order valence-corrected chi connectivity index (χ0v) is 10.5. The number of aromatic nitrogens is 1. The van der Waals surface area contributed by atoms with Gasteiger partial charge in [0.1, 0.15) is 0 Å². The highest BCUT2D eigenvalue weighted by atomic mass is 35.5. The highest BCUT2D eigenvalue weighted by Crippen LogP contribution is 2.24. The van der Waals surface area contributed by atoms with Gasteiger partial charge in [0.05, 0.1) is 11.4 Å². The number of fused-ring (bicyclic) bond motifs is 1. The van der Waals surface area contributed by atoms with E-state index in [-0.39, 0.29) is 0 Å². The van der Waals surface area contributed by atoms with E-state index in [4.69, 9.17) is 11.6 Å². The number of H-pyrrole nitrogens is 1. The second-order valence-corrected chi connectivity index (χ2v) is 4.31. The highest BCUT2D eigenvalue weighted by Gasteiger charge is 2.09. The maximum atomic E-state index is 5.97. The Morgan fingerprint density at radius 1 is 1.44 bits per heavy atom. The fourth-order valence-corrected chi connectivity index (χ4v) is 2.16. The van der Waals surface area contributed by atoms with Crippen LogP contribution < -0.4 is 0 Å². The molecule has 3 heteroatoms. The number of hydrogen-bond donors (Lipinski definition) is 1. The summed E-state index contributed by atoms with van der Waals surface area (Å²) in [5, 5.41) is 1.97. The number of aryl methyl sites for hydroxylation is 1. The molecular formula is C13H15ClN2. The summed E-state index contributed by atoms with van der Waals surface area (Å²) < 4.78 is 0. The van der Waals surface area contributed by atoms with Gasteiger partial charge in [0.2, 0.25) is 0 Å². The van der Waals surface area contributed by atoms with Gasteiger partial charge in [-0.15, -0.1) is 0 Å². The Bertz CT molecular complexity index is 552. The second kappa shape index (κ2) is 4.30. The summed E-state index contributed by atoms with van der Waals surface area (Å²) in [6, 6.07) is 5.92. The molecule has 0 amide bonds. The van der Waals surface area contributed by atoms with Crippen molar-refractivity contribution in [1.29, 1.82) is 0 Å². The van der Waals surface area contributed by atoms with Crippen LogP contribution in [0.1, 0.15) is 25.1 Å². The van der Waals surface area contributed by atoms with Crippen LogP contribution in [0.15, 0.2) is 23.2 Å². The molecule has 0 aliphatic carbocycles. The van der Waals surface area contributed by atoms with E-state index in [1.165, 1.54) is 10.9 Å². The molecule has 0 fully saturated rings. The van der Waals surface area contributed by atoms with Gasteiger partial charge >= 0.3 is 0 Å². The molecule has 1 aromatic heterocycles. The summed E-state index contributed by atoms with van der Waals surface area (Å²) in [5.74, 6) is 0. The SMILES string of the molecule is CCN=C(C)c1[nH]c2cc(Cl)ccc2c1C. The van der Waals surface area contributed by atoms with E-state index in [1.807, 2.05) is 32.0 Å². The van der Waals surface area contributed by atoms with Crippen LogP contribution in [0.5, 0.6) is 0 Å². The molecule has 0 aliphatic rings. The number of nitrogens with zero attached hydrogens (tertiary/aromatic N) is 1. The van der Waals surface area contributed by atoms with E-state index in [1.54, 1.807) is 0 Å². The maximum Gasteiger partial charge on any atom is 0.0632 e. The summed E-state index contributed by atoms with van der Waals surface area (Å²) in [5.41, 5.74) is 4.47. The van der Waals surface area contributed by atoms with Crippen molar-refractivity contribution in [2.24, 2.45) is 4.99 Å². The van der Waals surface area contributed by atoms with Crippen LogP contribution in [0.2, 0.25) is 5.02 Å². The average Bonchev–Trinajstić information content (AvgIpc) is 2.56. The third-order valence-electron chi connectivity index (χ3n) is 2.78. The number of aromatic amines is 1. The van der Waals surface area contributed by atoms with E-state index in [0.717, 1.165) is 28.5 Å². The number of rotatable bonds is 2. The fraction of sp³-hybridized carbons (Fsp3) is 0.308. The summed E-state index contributed by atoms with van der Waals surface area (Å²) >= 11 is 5.97. The van der Waals surface area contributed by atoms with Crippen LogP contribution in [-0.4, -0.2) is 17.2 Å². The van der Waals surface area contributed by atoms with Crippen molar-refractivity contribution in [1.82, 2.24) is 4.98 Å². The number of hydrogen-bond acceptors (Lipinski definition) is 1. The summed E-state index contributed by atoms with van der Waals surface area (Å²) in [6.07, 6.45) is 0. The van der Waals surface area contributed by atoms with Crippen LogP contribution in [-0.2, 0) is 0 Å². The van der Waals surface area contributed by atoms with Gasteiger partial charge in [-0.25, -0.2) is 0 Å². The van der Waals surface area contributed by atoms with Crippen molar-refractivity contribution < 1.29 is 0 Å². The Labute approximate surface area is 100 Å². The molecule has 2 nitrogen and oxygen atoms in total. The first-order valence-electron chi connectivity index (χ1n) is 5.42. The molecule has 0 saturated carbocycles. The lowest BCUT2D eigenvalue weighted by atomic mass is 10.1. The molecule has 0 atom stereocenters. The Hall–Kier alpha value is -1.28. The monoisotopic (exact) mass is 234 g/mol. The van der Waals surface area contributed by atoms with Crippen LogP contribution >= 0.6 is 11.6 Å². The van der Waals surface area contributed by atoms with E-state index in [0.29, 0.717) is 0 Å². The predicted molar refractivity (Wildman–Crippen MR) is 70.8 cm³/mol. The van der Waals surface area contributed by atoms with Gasteiger partial charge in [-0.2, -0.15) is 0 Å². The maximum absolute atomic E-state index is 5.97. The minimum absolute atomic E-state index is 0.755. The van der Waals surface area contributed by atoms with Crippen molar-refractivity contribution >= 4 is 28.2 Å². The van der Waals surface area contributed by atoms with Crippen molar-refractivity contribution in [2.75, 3.05) is 6.54 Å². The average molecular weight is 235 g/mol. The quantitative estimate of drug-likeness (QED) is 0.762. The zero-order chi connectivity index (χ0) is 11.7. The molecule has 0 spiro atoms. The fourth-order valence-electron chi connectivity index (χ4n) is 1.99.